The second-order valence-corrected chi connectivity index (χ2v) is 5.40. The molecule has 2 aromatic carbocycles. The first-order valence-electron chi connectivity index (χ1n) is 7.54. The second kappa shape index (κ2) is 7.22. The first-order valence-corrected chi connectivity index (χ1v) is 7.54. The minimum Gasteiger partial charge on any atom is -0.340 e. The van der Waals surface area contributed by atoms with Crippen molar-refractivity contribution in [3.8, 4) is 0 Å². The maximum absolute atomic E-state index is 13.7. The van der Waals surface area contributed by atoms with Crippen LogP contribution in [0.1, 0.15) is 17.3 Å². The molecule has 0 aliphatic heterocycles. The molecular formula is C18H13F3N4O. The largest absolute Gasteiger partial charge is 0.340 e. The van der Waals surface area contributed by atoms with E-state index < -0.39 is 17.5 Å². The van der Waals surface area contributed by atoms with Gasteiger partial charge in [0, 0.05) is 17.3 Å². The number of benzene rings is 2. The Bertz CT molecular complexity index is 978. The van der Waals surface area contributed by atoms with E-state index in [1.54, 1.807) is 24.3 Å². The van der Waals surface area contributed by atoms with Gasteiger partial charge in [-0.05, 0) is 31.2 Å². The van der Waals surface area contributed by atoms with Crippen LogP contribution >= 0.6 is 0 Å². The molecule has 1 aromatic heterocycles. The van der Waals surface area contributed by atoms with E-state index >= 15 is 0 Å². The van der Waals surface area contributed by atoms with Crippen LogP contribution in [0.25, 0.3) is 0 Å². The standard InChI is InChI=1S/C18H13F3N4O/c1-10(26)11-3-2-4-12(7-11)24-15-8-16(23-9-22-15)25-14-6-5-13(19)17(20)18(14)21/h2-9H,1H3,(H2,22,23,24,25). The third-order valence-electron chi connectivity index (χ3n) is 3.51. The number of ketones is 1. The van der Waals surface area contributed by atoms with Gasteiger partial charge in [-0.2, -0.15) is 0 Å². The predicted molar refractivity (Wildman–Crippen MR) is 91.4 cm³/mol. The van der Waals surface area contributed by atoms with Gasteiger partial charge in [0.2, 0.25) is 0 Å². The maximum Gasteiger partial charge on any atom is 0.196 e. The van der Waals surface area contributed by atoms with Crippen LogP contribution in [0.15, 0.2) is 48.8 Å². The summed E-state index contributed by atoms with van der Waals surface area (Å²) in [5.41, 5.74) is 0.903. The van der Waals surface area contributed by atoms with Crippen LogP contribution in [0.4, 0.5) is 36.2 Å². The van der Waals surface area contributed by atoms with E-state index in [9.17, 15) is 18.0 Å². The van der Waals surface area contributed by atoms with Gasteiger partial charge in [-0.15, -0.1) is 0 Å². The van der Waals surface area contributed by atoms with Crippen molar-refractivity contribution in [2.75, 3.05) is 10.6 Å². The van der Waals surface area contributed by atoms with Crippen molar-refractivity contribution in [2.24, 2.45) is 0 Å². The number of anilines is 4. The van der Waals surface area contributed by atoms with E-state index in [1.807, 2.05) is 0 Å². The summed E-state index contributed by atoms with van der Waals surface area (Å²) >= 11 is 0. The van der Waals surface area contributed by atoms with Crippen molar-refractivity contribution < 1.29 is 18.0 Å². The number of aromatic nitrogens is 2. The number of halogens is 3. The van der Waals surface area contributed by atoms with E-state index in [2.05, 4.69) is 20.6 Å². The molecule has 0 atom stereocenters. The third-order valence-corrected chi connectivity index (χ3v) is 3.51. The van der Waals surface area contributed by atoms with Gasteiger partial charge in [-0.1, -0.05) is 12.1 Å². The Kier molecular flexibility index (Phi) is 4.83. The molecule has 2 N–H and O–H groups in total. The van der Waals surface area contributed by atoms with Gasteiger partial charge in [0.05, 0.1) is 5.69 Å². The van der Waals surface area contributed by atoms with Crippen molar-refractivity contribution in [3.63, 3.8) is 0 Å². The lowest BCUT2D eigenvalue weighted by Crippen LogP contribution is -2.02. The molecule has 26 heavy (non-hydrogen) atoms. The van der Waals surface area contributed by atoms with Crippen molar-refractivity contribution in [1.82, 2.24) is 9.97 Å². The van der Waals surface area contributed by atoms with E-state index in [4.69, 9.17) is 0 Å². The van der Waals surface area contributed by atoms with Crippen LogP contribution in [0.3, 0.4) is 0 Å². The van der Waals surface area contributed by atoms with Crippen molar-refractivity contribution in [1.29, 1.82) is 0 Å². The van der Waals surface area contributed by atoms with Gasteiger partial charge < -0.3 is 10.6 Å². The van der Waals surface area contributed by atoms with Crippen molar-refractivity contribution >= 4 is 28.8 Å². The summed E-state index contributed by atoms with van der Waals surface area (Å²) in [5.74, 6) is -3.71. The number of nitrogens with zero attached hydrogens (tertiary/aromatic N) is 2. The fourth-order valence-electron chi connectivity index (χ4n) is 2.22. The van der Waals surface area contributed by atoms with Crippen LogP contribution in [-0.4, -0.2) is 15.8 Å². The highest BCUT2D eigenvalue weighted by Gasteiger charge is 2.14. The van der Waals surface area contributed by atoms with E-state index in [0.717, 1.165) is 12.1 Å². The smallest absolute Gasteiger partial charge is 0.196 e. The molecule has 1 heterocycles. The van der Waals surface area contributed by atoms with Gasteiger partial charge in [-0.3, -0.25) is 4.79 Å². The highest BCUT2D eigenvalue weighted by atomic mass is 19.2. The van der Waals surface area contributed by atoms with E-state index in [-0.39, 0.29) is 17.3 Å². The summed E-state index contributed by atoms with van der Waals surface area (Å²) in [6.45, 7) is 1.46. The van der Waals surface area contributed by atoms with Gasteiger partial charge in [0.25, 0.3) is 0 Å². The lowest BCUT2D eigenvalue weighted by Gasteiger charge is -2.10. The highest BCUT2D eigenvalue weighted by Crippen LogP contribution is 2.24. The minimum atomic E-state index is -1.57. The fraction of sp³-hybridized carbons (Fsp3) is 0.0556. The van der Waals surface area contributed by atoms with E-state index in [1.165, 1.54) is 19.3 Å². The fourth-order valence-corrected chi connectivity index (χ4v) is 2.22. The number of rotatable bonds is 5. The zero-order valence-corrected chi connectivity index (χ0v) is 13.6. The number of nitrogens with one attached hydrogen (secondary N) is 2. The summed E-state index contributed by atoms with van der Waals surface area (Å²) < 4.78 is 40.0. The van der Waals surface area contributed by atoms with E-state index in [0.29, 0.717) is 17.1 Å². The summed E-state index contributed by atoms with van der Waals surface area (Å²) in [6, 6.07) is 10.2. The molecule has 0 unspecified atom stereocenters. The third kappa shape index (κ3) is 3.80. The lowest BCUT2D eigenvalue weighted by molar-refractivity contribution is 0.101. The Hall–Kier alpha value is -3.42. The molecule has 3 rings (SSSR count). The molecule has 0 spiro atoms. The topological polar surface area (TPSA) is 66.9 Å². The molecule has 0 aliphatic rings. The zero-order chi connectivity index (χ0) is 18.7. The maximum atomic E-state index is 13.7. The van der Waals surface area contributed by atoms with Crippen LogP contribution in [0.2, 0.25) is 0 Å². The molecule has 132 valence electrons. The predicted octanol–water partition coefficient (Wildman–Crippen LogP) is 4.58. The quantitative estimate of drug-likeness (QED) is 0.516. The molecule has 0 bridgehead atoms. The van der Waals surface area contributed by atoms with Gasteiger partial charge in [0.15, 0.2) is 23.2 Å². The molecule has 8 heteroatoms. The minimum absolute atomic E-state index is 0.0764. The molecule has 3 aromatic rings. The number of hydrogen-bond donors (Lipinski definition) is 2. The van der Waals surface area contributed by atoms with Crippen LogP contribution < -0.4 is 10.6 Å². The first-order chi connectivity index (χ1) is 12.4. The summed E-state index contributed by atoms with van der Waals surface area (Å²) in [4.78, 5) is 19.4. The Balaban J connectivity index is 1.82. The average Bonchev–Trinajstić information content (AvgIpc) is 2.63. The Morgan fingerprint density at radius 2 is 1.65 bits per heavy atom. The van der Waals surface area contributed by atoms with Crippen molar-refractivity contribution in [3.05, 3.63) is 71.8 Å². The summed E-state index contributed by atoms with van der Waals surface area (Å²) in [7, 11) is 0. The van der Waals surface area contributed by atoms with Gasteiger partial charge >= 0.3 is 0 Å². The number of hydrogen-bond acceptors (Lipinski definition) is 5. The highest BCUT2D eigenvalue weighted by molar-refractivity contribution is 5.95. The molecule has 0 fully saturated rings. The monoisotopic (exact) mass is 358 g/mol. The van der Waals surface area contributed by atoms with Crippen LogP contribution in [0, 0.1) is 17.5 Å². The Morgan fingerprint density at radius 1 is 0.923 bits per heavy atom. The Labute approximate surface area is 146 Å². The molecule has 0 radical (unpaired) electrons. The molecule has 0 amide bonds. The average molecular weight is 358 g/mol. The van der Waals surface area contributed by atoms with Crippen molar-refractivity contribution in [2.45, 2.75) is 6.92 Å². The second-order valence-electron chi connectivity index (χ2n) is 5.40. The molecule has 0 saturated heterocycles. The number of carbonyl (C=O) groups excluding carboxylic acids is 1. The Morgan fingerprint density at radius 3 is 2.38 bits per heavy atom. The van der Waals surface area contributed by atoms with Gasteiger partial charge in [0.1, 0.15) is 18.0 Å². The molecular weight excluding hydrogens is 345 g/mol. The number of carbonyl (C=O) groups is 1. The zero-order valence-electron chi connectivity index (χ0n) is 13.6. The lowest BCUT2D eigenvalue weighted by atomic mass is 10.1. The SMILES string of the molecule is CC(=O)c1cccc(Nc2cc(Nc3ccc(F)c(F)c3F)ncn2)c1. The van der Waals surface area contributed by atoms with Crippen LogP contribution in [0.5, 0.6) is 0 Å². The molecule has 5 nitrogen and oxygen atoms in total. The number of Topliss-reactive ketones (excluding diaryl/α,β-unsaturated/α-hetero) is 1. The molecule has 0 aliphatic carbocycles. The normalized spacial score (nSPS) is 10.5. The first kappa shape index (κ1) is 17.4. The van der Waals surface area contributed by atoms with Gasteiger partial charge in [-0.25, -0.2) is 23.1 Å². The molecule has 0 saturated carbocycles. The van der Waals surface area contributed by atoms with Crippen LogP contribution in [-0.2, 0) is 0 Å². The summed E-state index contributed by atoms with van der Waals surface area (Å²) in [6.07, 6.45) is 1.22. The summed E-state index contributed by atoms with van der Waals surface area (Å²) in [5, 5.41) is 5.56.